The monoisotopic (exact) mass is 290 g/mol. The largest absolute Gasteiger partial charge is 0.478 e. The highest BCUT2D eigenvalue weighted by molar-refractivity contribution is 5.99. The molecule has 1 aliphatic carbocycles. The predicted octanol–water partition coefficient (Wildman–Crippen LogP) is 3.78. The first-order valence-corrected chi connectivity index (χ1v) is 7.58. The van der Waals surface area contributed by atoms with Gasteiger partial charge in [0.05, 0.1) is 11.1 Å². The second kappa shape index (κ2) is 5.88. The molecule has 0 amide bonds. The minimum absolute atomic E-state index is 0.203. The third-order valence-electron chi connectivity index (χ3n) is 4.65. The van der Waals surface area contributed by atoms with Gasteiger partial charge >= 0.3 is 11.9 Å². The van der Waals surface area contributed by atoms with Gasteiger partial charge in [-0.05, 0) is 60.8 Å². The van der Waals surface area contributed by atoms with Gasteiger partial charge in [-0.1, -0.05) is 20.3 Å². The Morgan fingerprint density at radius 1 is 1.00 bits per heavy atom. The number of hydrogen-bond acceptors (Lipinski definition) is 2. The number of carboxylic acid groups (broad SMARTS) is 2. The Labute approximate surface area is 124 Å². The maximum Gasteiger partial charge on any atom is 0.336 e. The molecule has 1 aliphatic rings. The van der Waals surface area contributed by atoms with E-state index in [0.29, 0.717) is 24.3 Å². The Balaban J connectivity index is 2.88. The molecule has 1 fully saturated rings. The molecule has 0 saturated heterocycles. The molecule has 1 saturated carbocycles. The SMILES string of the molecule is CCc1c(C(=O)O)c(C)c(C(=O)O)c(CC)c1C1CCC1. The molecule has 0 aromatic heterocycles. The van der Waals surface area contributed by atoms with Crippen LogP contribution in [-0.4, -0.2) is 22.2 Å². The zero-order valence-electron chi connectivity index (χ0n) is 12.8. The Morgan fingerprint density at radius 2 is 1.43 bits per heavy atom. The molecule has 21 heavy (non-hydrogen) atoms. The number of aromatic carboxylic acids is 2. The lowest BCUT2D eigenvalue weighted by molar-refractivity contribution is 0.0694. The van der Waals surface area contributed by atoms with E-state index in [0.717, 1.165) is 36.0 Å². The third kappa shape index (κ3) is 2.43. The van der Waals surface area contributed by atoms with Crippen LogP contribution in [0, 0.1) is 6.92 Å². The molecular formula is C17H22O4. The van der Waals surface area contributed by atoms with E-state index in [1.165, 1.54) is 0 Å². The van der Waals surface area contributed by atoms with Crippen LogP contribution >= 0.6 is 0 Å². The van der Waals surface area contributed by atoms with Gasteiger partial charge in [-0.2, -0.15) is 0 Å². The van der Waals surface area contributed by atoms with Crippen molar-refractivity contribution in [2.75, 3.05) is 0 Å². The average molecular weight is 290 g/mol. The summed E-state index contributed by atoms with van der Waals surface area (Å²) in [5, 5.41) is 19.1. The molecule has 114 valence electrons. The molecule has 0 heterocycles. The fourth-order valence-electron chi connectivity index (χ4n) is 3.53. The molecule has 2 rings (SSSR count). The summed E-state index contributed by atoms with van der Waals surface area (Å²) in [4.78, 5) is 23.3. The van der Waals surface area contributed by atoms with Gasteiger partial charge < -0.3 is 10.2 Å². The highest BCUT2D eigenvalue weighted by Gasteiger charge is 2.32. The summed E-state index contributed by atoms with van der Waals surface area (Å²) in [5.74, 6) is -1.71. The van der Waals surface area contributed by atoms with E-state index in [-0.39, 0.29) is 11.1 Å². The van der Waals surface area contributed by atoms with Crippen molar-refractivity contribution < 1.29 is 19.8 Å². The van der Waals surface area contributed by atoms with Crippen molar-refractivity contribution >= 4 is 11.9 Å². The van der Waals surface area contributed by atoms with Crippen molar-refractivity contribution in [3.63, 3.8) is 0 Å². The van der Waals surface area contributed by atoms with E-state index >= 15 is 0 Å². The molecule has 0 bridgehead atoms. The van der Waals surface area contributed by atoms with E-state index in [2.05, 4.69) is 0 Å². The molecule has 4 heteroatoms. The van der Waals surface area contributed by atoms with Crippen molar-refractivity contribution in [3.8, 4) is 0 Å². The first-order valence-electron chi connectivity index (χ1n) is 7.58. The Kier molecular flexibility index (Phi) is 4.35. The van der Waals surface area contributed by atoms with E-state index in [1.54, 1.807) is 6.92 Å². The molecule has 1 aromatic rings. The Morgan fingerprint density at radius 3 is 1.67 bits per heavy atom. The topological polar surface area (TPSA) is 74.6 Å². The van der Waals surface area contributed by atoms with Gasteiger partial charge in [0.15, 0.2) is 0 Å². The molecule has 4 nitrogen and oxygen atoms in total. The first kappa shape index (κ1) is 15.5. The first-order chi connectivity index (χ1) is 9.93. The maximum absolute atomic E-state index is 11.7. The quantitative estimate of drug-likeness (QED) is 0.865. The maximum atomic E-state index is 11.7. The molecule has 2 N–H and O–H groups in total. The Bertz CT molecular complexity index is 554. The summed E-state index contributed by atoms with van der Waals surface area (Å²) in [7, 11) is 0. The van der Waals surface area contributed by atoms with Gasteiger partial charge in [0.2, 0.25) is 0 Å². The van der Waals surface area contributed by atoms with Crippen LogP contribution in [0.25, 0.3) is 0 Å². The zero-order valence-corrected chi connectivity index (χ0v) is 12.8. The summed E-state index contributed by atoms with van der Waals surface area (Å²) in [6, 6.07) is 0. The third-order valence-corrected chi connectivity index (χ3v) is 4.65. The van der Waals surface area contributed by atoms with Crippen molar-refractivity contribution in [1.82, 2.24) is 0 Å². The lowest BCUT2D eigenvalue weighted by Crippen LogP contribution is -2.22. The van der Waals surface area contributed by atoms with Gasteiger partial charge in [-0.3, -0.25) is 0 Å². The molecule has 1 aromatic carbocycles. The van der Waals surface area contributed by atoms with Crippen molar-refractivity contribution in [1.29, 1.82) is 0 Å². The molecular weight excluding hydrogens is 268 g/mol. The zero-order chi connectivity index (χ0) is 15.7. The van der Waals surface area contributed by atoms with Gasteiger partial charge in [-0.25, -0.2) is 9.59 Å². The van der Waals surface area contributed by atoms with Gasteiger partial charge in [0.1, 0.15) is 0 Å². The molecule has 0 spiro atoms. The lowest BCUT2D eigenvalue weighted by Gasteiger charge is -2.32. The minimum Gasteiger partial charge on any atom is -0.478 e. The number of benzene rings is 1. The van der Waals surface area contributed by atoms with Crippen molar-refractivity contribution in [3.05, 3.63) is 33.4 Å². The Hall–Kier alpha value is -1.84. The van der Waals surface area contributed by atoms with Crippen LogP contribution in [0.2, 0.25) is 0 Å². The summed E-state index contributed by atoms with van der Waals surface area (Å²) in [6.45, 7) is 5.52. The van der Waals surface area contributed by atoms with Gasteiger partial charge in [0.25, 0.3) is 0 Å². The number of carboxylic acids is 2. The predicted molar refractivity (Wildman–Crippen MR) is 80.4 cm³/mol. The van der Waals surface area contributed by atoms with Gasteiger partial charge in [0, 0.05) is 0 Å². The van der Waals surface area contributed by atoms with Crippen LogP contribution in [0.5, 0.6) is 0 Å². The van der Waals surface area contributed by atoms with E-state index in [9.17, 15) is 19.8 Å². The summed E-state index contributed by atoms with van der Waals surface area (Å²) >= 11 is 0. The van der Waals surface area contributed by atoms with Crippen LogP contribution in [-0.2, 0) is 12.8 Å². The molecule has 0 radical (unpaired) electrons. The van der Waals surface area contributed by atoms with Crippen LogP contribution in [0.4, 0.5) is 0 Å². The summed E-state index contributed by atoms with van der Waals surface area (Å²) in [5.41, 5.74) is 3.49. The lowest BCUT2D eigenvalue weighted by atomic mass is 9.72. The highest BCUT2D eigenvalue weighted by atomic mass is 16.4. The van der Waals surface area contributed by atoms with E-state index < -0.39 is 11.9 Å². The summed E-state index contributed by atoms with van der Waals surface area (Å²) < 4.78 is 0. The number of rotatable bonds is 5. The molecule has 0 atom stereocenters. The normalized spacial score (nSPS) is 14.8. The van der Waals surface area contributed by atoms with Crippen LogP contribution in [0.15, 0.2) is 0 Å². The second-order valence-corrected chi connectivity index (χ2v) is 5.69. The molecule has 0 aliphatic heterocycles. The van der Waals surface area contributed by atoms with Crippen molar-refractivity contribution in [2.45, 2.75) is 58.8 Å². The van der Waals surface area contributed by atoms with Crippen LogP contribution in [0.3, 0.4) is 0 Å². The standard InChI is InChI=1S/C17H22O4/c1-4-11-13(16(18)19)9(3)14(17(20)21)12(5-2)15(11)10-7-6-8-10/h10H,4-8H2,1-3H3,(H,18,19)(H,20,21). The fourth-order valence-corrected chi connectivity index (χ4v) is 3.53. The highest BCUT2D eigenvalue weighted by Crippen LogP contribution is 2.43. The van der Waals surface area contributed by atoms with Crippen LogP contribution in [0.1, 0.15) is 82.0 Å². The minimum atomic E-state index is -1.02. The smallest absolute Gasteiger partial charge is 0.336 e. The molecule has 0 unspecified atom stereocenters. The van der Waals surface area contributed by atoms with Gasteiger partial charge in [-0.15, -0.1) is 0 Å². The van der Waals surface area contributed by atoms with Crippen molar-refractivity contribution in [2.24, 2.45) is 0 Å². The second-order valence-electron chi connectivity index (χ2n) is 5.69. The summed E-state index contributed by atoms with van der Waals surface area (Å²) in [6.07, 6.45) is 4.44. The van der Waals surface area contributed by atoms with E-state index in [1.807, 2.05) is 13.8 Å². The fraction of sp³-hybridized carbons (Fsp3) is 0.529. The number of carbonyl (C=O) groups is 2. The number of hydrogen-bond donors (Lipinski definition) is 2. The average Bonchev–Trinajstić information content (AvgIpc) is 2.35. The van der Waals surface area contributed by atoms with E-state index in [4.69, 9.17) is 0 Å². The van der Waals surface area contributed by atoms with Crippen LogP contribution < -0.4 is 0 Å².